The van der Waals surface area contributed by atoms with Crippen LogP contribution in [0, 0.1) is 0 Å². The van der Waals surface area contributed by atoms with Gasteiger partial charge in [-0.2, -0.15) is 5.10 Å². The van der Waals surface area contributed by atoms with E-state index in [4.69, 9.17) is 4.74 Å². The molecule has 128 valence electrons. The van der Waals surface area contributed by atoms with Gasteiger partial charge < -0.3 is 15.0 Å². The van der Waals surface area contributed by atoms with Gasteiger partial charge in [0.1, 0.15) is 5.75 Å². The third-order valence-electron chi connectivity index (χ3n) is 4.40. The summed E-state index contributed by atoms with van der Waals surface area (Å²) in [5.74, 6) is 1.09. The van der Waals surface area contributed by atoms with E-state index < -0.39 is 0 Å². The zero-order chi connectivity index (χ0) is 16.9. The molecule has 0 unspecified atom stereocenters. The zero-order valence-electron chi connectivity index (χ0n) is 14.2. The topological polar surface area (TPSA) is 59.4 Å². The standard InChI is InChI=1S/C18H24N4O2/c1-21-12-15(11-20-21)10-19-16-9-18(23)22(13-16)8-7-14-3-5-17(24-2)6-4-14/h3-6,11-12,16,19H,7-10,13H2,1-2H3/t16-/m1/s1. The van der Waals surface area contributed by atoms with Crippen LogP contribution in [0.25, 0.3) is 0 Å². The molecule has 1 amide bonds. The molecule has 24 heavy (non-hydrogen) atoms. The van der Waals surface area contributed by atoms with E-state index in [-0.39, 0.29) is 11.9 Å². The van der Waals surface area contributed by atoms with E-state index in [1.165, 1.54) is 5.56 Å². The highest BCUT2D eigenvalue weighted by Gasteiger charge is 2.28. The highest BCUT2D eigenvalue weighted by atomic mass is 16.5. The molecule has 3 rings (SSSR count). The first-order valence-corrected chi connectivity index (χ1v) is 8.25. The molecule has 0 spiro atoms. The normalized spacial score (nSPS) is 17.5. The van der Waals surface area contributed by atoms with Gasteiger partial charge in [-0.1, -0.05) is 12.1 Å². The van der Waals surface area contributed by atoms with Gasteiger partial charge in [0.25, 0.3) is 0 Å². The van der Waals surface area contributed by atoms with Crippen LogP contribution >= 0.6 is 0 Å². The summed E-state index contributed by atoms with van der Waals surface area (Å²) in [6, 6.07) is 8.24. The molecule has 0 aliphatic carbocycles. The molecule has 6 heteroatoms. The number of methoxy groups -OCH3 is 1. The van der Waals surface area contributed by atoms with Crippen LogP contribution in [0.2, 0.25) is 0 Å². The van der Waals surface area contributed by atoms with E-state index in [1.54, 1.807) is 11.8 Å². The van der Waals surface area contributed by atoms with Gasteiger partial charge in [-0.25, -0.2) is 0 Å². The van der Waals surface area contributed by atoms with Crippen LogP contribution in [0.5, 0.6) is 5.75 Å². The molecular formula is C18H24N4O2. The van der Waals surface area contributed by atoms with E-state index in [2.05, 4.69) is 22.5 Å². The molecule has 0 bridgehead atoms. The van der Waals surface area contributed by atoms with Gasteiger partial charge in [-0.3, -0.25) is 9.48 Å². The average Bonchev–Trinajstić information content (AvgIpc) is 3.17. The van der Waals surface area contributed by atoms with E-state index in [9.17, 15) is 4.79 Å². The Bertz CT molecular complexity index is 681. The number of nitrogens with one attached hydrogen (secondary N) is 1. The molecule has 6 nitrogen and oxygen atoms in total. The molecular weight excluding hydrogens is 304 g/mol. The lowest BCUT2D eigenvalue weighted by atomic mass is 10.1. The van der Waals surface area contributed by atoms with E-state index in [0.29, 0.717) is 6.42 Å². The van der Waals surface area contributed by atoms with Gasteiger partial charge in [0.05, 0.1) is 13.3 Å². The maximum Gasteiger partial charge on any atom is 0.224 e. The van der Waals surface area contributed by atoms with Crippen molar-refractivity contribution in [3.05, 3.63) is 47.8 Å². The Morgan fingerprint density at radius 3 is 2.75 bits per heavy atom. The Balaban J connectivity index is 1.45. The Kier molecular flexibility index (Phi) is 5.15. The van der Waals surface area contributed by atoms with Crippen molar-refractivity contribution in [3.63, 3.8) is 0 Å². The summed E-state index contributed by atoms with van der Waals surface area (Å²) in [6.45, 7) is 2.28. The minimum absolute atomic E-state index is 0.216. The van der Waals surface area contributed by atoms with Crippen LogP contribution in [-0.4, -0.2) is 46.8 Å². The van der Waals surface area contributed by atoms with Gasteiger partial charge in [0.15, 0.2) is 0 Å². The van der Waals surface area contributed by atoms with Gasteiger partial charge in [0, 0.05) is 50.9 Å². The van der Waals surface area contributed by atoms with Crippen molar-refractivity contribution < 1.29 is 9.53 Å². The summed E-state index contributed by atoms with van der Waals surface area (Å²) < 4.78 is 6.95. The number of rotatable bonds is 7. The second-order valence-corrected chi connectivity index (χ2v) is 6.24. The first kappa shape index (κ1) is 16.5. The lowest BCUT2D eigenvalue weighted by Gasteiger charge is -2.17. The minimum Gasteiger partial charge on any atom is -0.497 e. The number of carbonyl (C=O) groups is 1. The molecule has 2 heterocycles. The molecule has 1 aliphatic rings. The van der Waals surface area contributed by atoms with Crippen molar-refractivity contribution in [1.29, 1.82) is 0 Å². The lowest BCUT2D eigenvalue weighted by molar-refractivity contribution is -0.127. The highest BCUT2D eigenvalue weighted by Crippen LogP contribution is 2.15. The Labute approximate surface area is 142 Å². The van der Waals surface area contributed by atoms with Gasteiger partial charge in [-0.05, 0) is 24.1 Å². The van der Waals surface area contributed by atoms with Crippen LogP contribution in [0.15, 0.2) is 36.7 Å². The Morgan fingerprint density at radius 2 is 2.08 bits per heavy atom. The van der Waals surface area contributed by atoms with Gasteiger partial charge >= 0.3 is 0 Å². The average molecular weight is 328 g/mol. The monoisotopic (exact) mass is 328 g/mol. The number of hydrogen-bond donors (Lipinski definition) is 1. The van der Waals surface area contributed by atoms with E-state index in [1.807, 2.05) is 36.5 Å². The number of aryl methyl sites for hydroxylation is 1. The van der Waals surface area contributed by atoms with Gasteiger partial charge in [-0.15, -0.1) is 0 Å². The first-order valence-electron chi connectivity index (χ1n) is 8.25. The fourth-order valence-corrected chi connectivity index (χ4v) is 3.01. The van der Waals surface area contributed by atoms with E-state index in [0.717, 1.165) is 37.4 Å². The SMILES string of the molecule is COc1ccc(CCN2C[C@H](NCc3cnn(C)c3)CC2=O)cc1. The molecule has 1 atom stereocenters. The molecule has 1 aromatic carbocycles. The molecule has 1 aliphatic heterocycles. The summed E-state index contributed by atoms with van der Waals surface area (Å²) in [5, 5.41) is 7.61. The third kappa shape index (κ3) is 4.14. The van der Waals surface area contributed by atoms with Crippen molar-refractivity contribution in [2.75, 3.05) is 20.2 Å². The number of nitrogens with zero attached hydrogens (tertiary/aromatic N) is 3. The lowest BCUT2D eigenvalue weighted by Crippen LogP contribution is -2.33. The maximum atomic E-state index is 12.2. The molecule has 1 saturated heterocycles. The van der Waals surface area contributed by atoms with Crippen LogP contribution in [-0.2, 0) is 24.8 Å². The van der Waals surface area contributed by atoms with Crippen molar-refractivity contribution in [1.82, 2.24) is 20.0 Å². The van der Waals surface area contributed by atoms with Crippen LogP contribution in [0.3, 0.4) is 0 Å². The zero-order valence-corrected chi connectivity index (χ0v) is 14.2. The van der Waals surface area contributed by atoms with Crippen molar-refractivity contribution in [3.8, 4) is 5.75 Å². The first-order chi connectivity index (χ1) is 11.6. The summed E-state index contributed by atoms with van der Waals surface area (Å²) in [4.78, 5) is 14.1. The Hall–Kier alpha value is -2.34. The second-order valence-electron chi connectivity index (χ2n) is 6.24. The number of ether oxygens (including phenoxy) is 1. The fourth-order valence-electron chi connectivity index (χ4n) is 3.01. The van der Waals surface area contributed by atoms with E-state index >= 15 is 0 Å². The maximum absolute atomic E-state index is 12.2. The third-order valence-corrected chi connectivity index (χ3v) is 4.40. The molecule has 1 N–H and O–H groups in total. The smallest absolute Gasteiger partial charge is 0.224 e. The van der Waals surface area contributed by atoms with Crippen LogP contribution in [0.4, 0.5) is 0 Å². The van der Waals surface area contributed by atoms with Crippen LogP contribution in [0.1, 0.15) is 17.5 Å². The number of carbonyl (C=O) groups excluding carboxylic acids is 1. The quantitative estimate of drug-likeness (QED) is 0.834. The van der Waals surface area contributed by atoms with Gasteiger partial charge in [0.2, 0.25) is 5.91 Å². The number of hydrogen-bond acceptors (Lipinski definition) is 4. The largest absolute Gasteiger partial charge is 0.497 e. The Morgan fingerprint density at radius 1 is 1.29 bits per heavy atom. The predicted octanol–water partition coefficient (Wildman–Crippen LogP) is 1.36. The summed E-state index contributed by atoms with van der Waals surface area (Å²) >= 11 is 0. The number of aromatic nitrogens is 2. The number of amides is 1. The second kappa shape index (κ2) is 7.49. The van der Waals surface area contributed by atoms with Crippen molar-refractivity contribution in [2.24, 2.45) is 7.05 Å². The summed E-state index contributed by atoms with van der Waals surface area (Å²) in [7, 11) is 3.57. The van der Waals surface area contributed by atoms with Crippen LogP contribution < -0.4 is 10.1 Å². The molecule has 1 fully saturated rings. The number of likely N-dealkylation sites (tertiary alicyclic amines) is 1. The van der Waals surface area contributed by atoms with Crippen molar-refractivity contribution >= 4 is 5.91 Å². The number of benzene rings is 1. The van der Waals surface area contributed by atoms with Crippen molar-refractivity contribution in [2.45, 2.75) is 25.4 Å². The molecule has 2 aromatic rings. The summed E-state index contributed by atoms with van der Waals surface area (Å²) in [5.41, 5.74) is 2.36. The molecule has 0 radical (unpaired) electrons. The highest BCUT2D eigenvalue weighted by molar-refractivity contribution is 5.79. The predicted molar refractivity (Wildman–Crippen MR) is 91.7 cm³/mol. The summed E-state index contributed by atoms with van der Waals surface area (Å²) in [6.07, 6.45) is 5.28. The molecule has 1 aromatic heterocycles. The minimum atomic E-state index is 0.216. The fraction of sp³-hybridized carbons (Fsp3) is 0.444. The molecule has 0 saturated carbocycles.